The number of nitro groups is 1. The van der Waals surface area contributed by atoms with Gasteiger partial charge in [-0.2, -0.15) is 18.4 Å². The molecular formula is C13H12ClN3O4S2. The number of hydrogen-bond donors (Lipinski definition) is 1. The van der Waals surface area contributed by atoms with Gasteiger partial charge in [-0.15, -0.1) is 11.3 Å². The molecule has 0 atom stereocenters. The minimum atomic E-state index is -4.00. The van der Waals surface area contributed by atoms with Gasteiger partial charge in [-0.05, 0) is 32.0 Å². The fraction of sp³-hybridized carbons (Fsp3) is 0.154. The van der Waals surface area contributed by atoms with Gasteiger partial charge in [0.1, 0.15) is 0 Å². The zero-order chi connectivity index (χ0) is 17.2. The van der Waals surface area contributed by atoms with Crippen molar-refractivity contribution < 1.29 is 13.3 Å². The summed E-state index contributed by atoms with van der Waals surface area (Å²) in [4.78, 5) is 12.8. The minimum absolute atomic E-state index is 0.226. The third kappa shape index (κ3) is 4.06. The zero-order valence-electron chi connectivity index (χ0n) is 12.1. The number of hydrazone groups is 1. The Kier molecular flexibility index (Phi) is 5.03. The average Bonchev–Trinajstić information content (AvgIpc) is 2.91. The first-order valence-electron chi connectivity index (χ1n) is 6.27. The van der Waals surface area contributed by atoms with Crippen molar-refractivity contribution in [1.82, 2.24) is 4.83 Å². The van der Waals surface area contributed by atoms with E-state index in [4.69, 9.17) is 11.6 Å². The summed E-state index contributed by atoms with van der Waals surface area (Å²) >= 11 is 7.07. The van der Waals surface area contributed by atoms with E-state index >= 15 is 0 Å². The Hall–Kier alpha value is -1.97. The van der Waals surface area contributed by atoms with Gasteiger partial charge in [0, 0.05) is 11.6 Å². The lowest BCUT2D eigenvalue weighted by atomic mass is 10.2. The predicted octanol–water partition coefficient (Wildman–Crippen LogP) is 3.32. The van der Waals surface area contributed by atoms with Crippen LogP contribution in [-0.2, 0) is 10.0 Å². The van der Waals surface area contributed by atoms with Gasteiger partial charge in [0.2, 0.25) is 0 Å². The third-order valence-corrected chi connectivity index (χ3v) is 5.50. The molecule has 0 unspecified atom stereocenters. The number of sulfonamides is 1. The van der Waals surface area contributed by atoms with Gasteiger partial charge < -0.3 is 0 Å². The lowest BCUT2D eigenvalue weighted by Crippen LogP contribution is -2.20. The first-order valence-corrected chi connectivity index (χ1v) is 8.95. The van der Waals surface area contributed by atoms with E-state index in [1.807, 2.05) is 0 Å². The molecule has 0 amide bonds. The molecular weight excluding hydrogens is 362 g/mol. The molecule has 0 bridgehead atoms. The molecule has 0 saturated heterocycles. The second kappa shape index (κ2) is 6.65. The lowest BCUT2D eigenvalue weighted by Gasteiger charge is -2.05. The standard InChI is InChI=1S/C13H12ClN3O4S2/c1-8-3-4-10(7-11(8)17(18)19)23(20,21)16-15-9(2)12-5-6-13(14)22-12/h3-7,16H,1-2H3/b15-9-. The van der Waals surface area contributed by atoms with Gasteiger partial charge in [0.05, 0.1) is 24.7 Å². The monoisotopic (exact) mass is 373 g/mol. The van der Waals surface area contributed by atoms with Crippen molar-refractivity contribution in [3.63, 3.8) is 0 Å². The van der Waals surface area contributed by atoms with Crippen molar-refractivity contribution in [3.8, 4) is 0 Å². The van der Waals surface area contributed by atoms with E-state index < -0.39 is 14.9 Å². The van der Waals surface area contributed by atoms with Crippen LogP contribution in [-0.4, -0.2) is 19.1 Å². The van der Waals surface area contributed by atoms with Crippen LogP contribution in [0.4, 0.5) is 5.69 Å². The summed E-state index contributed by atoms with van der Waals surface area (Å²) in [5.41, 5.74) is 0.549. The normalized spacial score (nSPS) is 12.2. The molecule has 2 rings (SSSR count). The van der Waals surface area contributed by atoms with Gasteiger partial charge in [-0.25, -0.2) is 0 Å². The fourth-order valence-corrected chi connectivity index (χ4v) is 3.56. The van der Waals surface area contributed by atoms with E-state index in [1.54, 1.807) is 19.1 Å². The Labute approximate surface area is 141 Å². The van der Waals surface area contributed by atoms with Gasteiger partial charge in [0.25, 0.3) is 15.7 Å². The highest BCUT2D eigenvalue weighted by atomic mass is 35.5. The van der Waals surface area contributed by atoms with Crippen LogP contribution in [0.5, 0.6) is 0 Å². The SMILES string of the molecule is C/C(=N/NS(=O)(=O)c1ccc(C)c([N+](=O)[O-])c1)c1ccc(Cl)s1. The minimum Gasteiger partial charge on any atom is -0.258 e. The molecule has 0 fully saturated rings. The maximum Gasteiger partial charge on any atom is 0.276 e. The van der Waals surface area contributed by atoms with E-state index in [0.29, 0.717) is 20.5 Å². The number of nitrogens with zero attached hydrogens (tertiary/aromatic N) is 2. The molecule has 0 spiro atoms. The number of nitrogens with one attached hydrogen (secondary N) is 1. The van der Waals surface area contributed by atoms with Crippen LogP contribution in [0.25, 0.3) is 0 Å². The van der Waals surface area contributed by atoms with Gasteiger partial charge >= 0.3 is 0 Å². The molecule has 1 aromatic carbocycles. The molecule has 1 heterocycles. The summed E-state index contributed by atoms with van der Waals surface area (Å²) in [5, 5.41) is 14.7. The molecule has 7 nitrogen and oxygen atoms in total. The summed E-state index contributed by atoms with van der Waals surface area (Å²) in [7, 11) is -4.00. The van der Waals surface area contributed by atoms with Gasteiger partial charge in [-0.1, -0.05) is 17.7 Å². The second-order valence-corrected chi connectivity index (χ2v) is 7.98. The number of rotatable bonds is 5. The molecule has 0 aliphatic heterocycles. The van der Waals surface area contributed by atoms with E-state index in [-0.39, 0.29) is 10.6 Å². The van der Waals surface area contributed by atoms with Gasteiger partial charge in [-0.3, -0.25) is 10.1 Å². The molecule has 0 saturated carbocycles. The van der Waals surface area contributed by atoms with Crippen molar-refractivity contribution in [2.24, 2.45) is 5.10 Å². The Morgan fingerprint density at radius 2 is 2.04 bits per heavy atom. The third-order valence-electron chi connectivity index (χ3n) is 2.95. The smallest absolute Gasteiger partial charge is 0.258 e. The Morgan fingerprint density at radius 3 is 2.61 bits per heavy atom. The number of benzene rings is 1. The zero-order valence-corrected chi connectivity index (χ0v) is 14.5. The number of aryl methyl sites for hydroxylation is 1. The Balaban J connectivity index is 2.29. The first-order chi connectivity index (χ1) is 10.7. The summed E-state index contributed by atoms with van der Waals surface area (Å²) < 4.78 is 25.0. The highest BCUT2D eigenvalue weighted by Crippen LogP contribution is 2.23. The van der Waals surface area contributed by atoms with Crippen LogP contribution in [0, 0.1) is 17.0 Å². The largest absolute Gasteiger partial charge is 0.276 e. The molecule has 122 valence electrons. The first kappa shape index (κ1) is 17.4. The molecule has 0 radical (unpaired) electrons. The van der Waals surface area contributed by atoms with E-state index in [1.165, 1.54) is 30.4 Å². The topological polar surface area (TPSA) is 102 Å². The fourth-order valence-electron chi connectivity index (χ4n) is 1.70. The average molecular weight is 374 g/mol. The number of halogens is 1. The van der Waals surface area contributed by atoms with Crippen molar-refractivity contribution >= 4 is 44.4 Å². The number of nitro benzene ring substituents is 1. The van der Waals surface area contributed by atoms with Crippen LogP contribution >= 0.6 is 22.9 Å². The van der Waals surface area contributed by atoms with E-state index in [9.17, 15) is 18.5 Å². The van der Waals surface area contributed by atoms with Gasteiger partial charge in [0.15, 0.2) is 0 Å². The second-order valence-electron chi connectivity index (χ2n) is 4.60. The number of hydrogen-bond acceptors (Lipinski definition) is 6. The Bertz CT molecular complexity index is 890. The van der Waals surface area contributed by atoms with Crippen LogP contribution in [0.3, 0.4) is 0 Å². The molecule has 1 aromatic heterocycles. The summed E-state index contributed by atoms with van der Waals surface area (Å²) in [6, 6.07) is 7.07. The predicted molar refractivity (Wildman–Crippen MR) is 89.7 cm³/mol. The van der Waals surface area contributed by atoms with Crippen LogP contribution < -0.4 is 4.83 Å². The van der Waals surface area contributed by atoms with Crippen LogP contribution in [0.2, 0.25) is 4.34 Å². The highest BCUT2D eigenvalue weighted by molar-refractivity contribution is 7.89. The molecule has 0 aliphatic rings. The molecule has 1 N–H and O–H groups in total. The summed E-state index contributed by atoms with van der Waals surface area (Å²) in [6.07, 6.45) is 0. The molecule has 10 heteroatoms. The summed E-state index contributed by atoms with van der Waals surface area (Å²) in [5.74, 6) is 0. The maximum absolute atomic E-state index is 12.2. The summed E-state index contributed by atoms with van der Waals surface area (Å²) in [6.45, 7) is 3.16. The van der Waals surface area contributed by atoms with Crippen molar-refractivity contribution in [3.05, 3.63) is 55.2 Å². The maximum atomic E-state index is 12.2. The number of thiophene rings is 1. The molecule has 0 aliphatic carbocycles. The van der Waals surface area contributed by atoms with Crippen LogP contribution in [0.15, 0.2) is 40.3 Å². The Morgan fingerprint density at radius 1 is 1.35 bits per heavy atom. The quantitative estimate of drug-likeness (QED) is 0.493. The van der Waals surface area contributed by atoms with E-state index in [0.717, 1.165) is 6.07 Å². The van der Waals surface area contributed by atoms with E-state index in [2.05, 4.69) is 9.93 Å². The lowest BCUT2D eigenvalue weighted by molar-refractivity contribution is -0.385. The highest BCUT2D eigenvalue weighted by Gasteiger charge is 2.19. The van der Waals surface area contributed by atoms with Crippen LogP contribution in [0.1, 0.15) is 17.4 Å². The molecule has 2 aromatic rings. The van der Waals surface area contributed by atoms with Crippen molar-refractivity contribution in [1.29, 1.82) is 0 Å². The molecule has 23 heavy (non-hydrogen) atoms. The van der Waals surface area contributed by atoms with Crippen molar-refractivity contribution in [2.75, 3.05) is 0 Å². The van der Waals surface area contributed by atoms with Crippen molar-refractivity contribution in [2.45, 2.75) is 18.7 Å².